The van der Waals surface area contributed by atoms with Crippen molar-refractivity contribution >= 4 is 22.7 Å². The Morgan fingerprint density at radius 3 is 2.68 bits per heavy atom. The number of nitrogens with one attached hydrogen (secondary N) is 2. The second-order valence-corrected chi connectivity index (χ2v) is 8.17. The first kappa shape index (κ1) is 16.8. The maximum absolute atomic E-state index is 8.52. The number of fused-ring (bicyclic) bond motifs is 2. The SMILES string of the molecule is CN1C2CCC1CC(NCC(=N)c1cc(-c3ccsc3)ccc1N)C2. The highest BCUT2D eigenvalue weighted by Crippen LogP contribution is 2.34. The number of nitrogens with two attached hydrogens (primary N) is 1. The van der Waals surface area contributed by atoms with Gasteiger partial charge in [0, 0.05) is 35.9 Å². The number of nitrogen functional groups attached to an aromatic ring is 1. The summed E-state index contributed by atoms with van der Waals surface area (Å²) in [5, 5.41) is 16.3. The first-order valence-electron chi connectivity index (χ1n) is 9.07. The van der Waals surface area contributed by atoms with Gasteiger partial charge in [-0.25, -0.2) is 0 Å². The van der Waals surface area contributed by atoms with E-state index in [9.17, 15) is 0 Å². The lowest BCUT2D eigenvalue weighted by Gasteiger charge is -2.36. The van der Waals surface area contributed by atoms with Crippen molar-refractivity contribution in [3.8, 4) is 11.1 Å². The average Bonchev–Trinajstić information content (AvgIpc) is 3.20. The summed E-state index contributed by atoms with van der Waals surface area (Å²) in [6, 6.07) is 10.1. The number of nitrogens with zero attached hydrogens (tertiary/aromatic N) is 1. The van der Waals surface area contributed by atoms with Gasteiger partial charge in [-0.3, -0.25) is 0 Å². The van der Waals surface area contributed by atoms with Crippen molar-refractivity contribution in [3.63, 3.8) is 0 Å². The lowest BCUT2D eigenvalue weighted by molar-refractivity contribution is 0.151. The summed E-state index contributed by atoms with van der Waals surface area (Å²) in [6.45, 7) is 0.588. The first-order chi connectivity index (χ1) is 12.1. The van der Waals surface area contributed by atoms with Gasteiger partial charge in [-0.1, -0.05) is 6.07 Å². The summed E-state index contributed by atoms with van der Waals surface area (Å²) in [4.78, 5) is 2.55. The largest absolute Gasteiger partial charge is 0.398 e. The maximum Gasteiger partial charge on any atom is 0.0545 e. The Kier molecular flexibility index (Phi) is 4.63. The van der Waals surface area contributed by atoms with Crippen LogP contribution in [0.25, 0.3) is 11.1 Å². The fourth-order valence-corrected chi connectivity index (χ4v) is 5.01. The molecule has 1 aromatic heterocycles. The third kappa shape index (κ3) is 3.36. The van der Waals surface area contributed by atoms with E-state index in [0.29, 0.717) is 24.0 Å². The molecule has 2 aliphatic rings. The van der Waals surface area contributed by atoms with Crippen LogP contribution in [0.2, 0.25) is 0 Å². The minimum absolute atomic E-state index is 0.523. The summed E-state index contributed by atoms with van der Waals surface area (Å²) in [7, 11) is 2.26. The van der Waals surface area contributed by atoms with Crippen LogP contribution in [0.1, 0.15) is 31.2 Å². The van der Waals surface area contributed by atoms with Gasteiger partial charge < -0.3 is 21.4 Å². The molecule has 2 aromatic rings. The van der Waals surface area contributed by atoms with Gasteiger partial charge in [0.1, 0.15) is 0 Å². The molecule has 4 rings (SSSR count). The molecule has 3 heterocycles. The average molecular weight is 355 g/mol. The monoisotopic (exact) mass is 354 g/mol. The van der Waals surface area contributed by atoms with E-state index in [1.807, 2.05) is 12.1 Å². The highest BCUT2D eigenvalue weighted by atomic mass is 32.1. The zero-order valence-electron chi connectivity index (χ0n) is 14.7. The molecule has 1 aromatic carbocycles. The third-order valence-electron chi connectivity index (χ3n) is 5.90. The topological polar surface area (TPSA) is 65.1 Å². The first-order valence-corrected chi connectivity index (χ1v) is 10.0. The zero-order chi connectivity index (χ0) is 17.4. The van der Waals surface area contributed by atoms with Gasteiger partial charge >= 0.3 is 0 Å². The molecule has 2 unspecified atom stereocenters. The van der Waals surface area contributed by atoms with E-state index in [1.54, 1.807) is 11.3 Å². The summed E-state index contributed by atoms with van der Waals surface area (Å²) in [6.07, 6.45) is 5.05. The van der Waals surface area contributed by atoms with Crippen LogP contribution in [-0.2, 0) is 0 Å². The minimum atomic E-state index is 0.523. The number of benzene rings is 1. The second kappa shape index (κ2) is 6.90. The molecule has 2 bridgehead atoms. The Hall–Kier alpha value is -1.69. The van der Waals surface area contributed by atoms with E-state index in [1.165, 1.54) is 31.2 Å². The van der Waals surface area contributed by atoms with Gasteiger partial charge in [0.2, 0.25) is 0 Å². The lowest BCUT2D eigenvalue weighted by Crippen LogP contribution is -2.48. The van der Waals surface area contributed by atoms with Crippen LogP contribution in [-0.4, -0.2) is 42.3 Å². The van der Waals surface area contributed by atoms with E-state index in [4.69, 9.17) is 11.1 Å². The third-order valence-corrected chi connectivity index (χ3v) is 6.58. The molecule has 0 saturated carbocycles. The van der Waals surface area contributed by atoms with E-state index in [2.05, 4.69) is 40.2 Å². The molecule has 5 heteroatoms. The molecular formula is C20H26N4S. The molecule has 4 nitrogen and oxygen atoms in total. The van der Waals surface area contributed by atoms with Gasteiger partial charge in [-0.15, -0.1) is 0 Å². The van der Waals surface area contributed by atoms with Crippen molar-refractivity contribution in [3.05, 3.63) is 40.6 Å². The number of hydrogen-bond donors (Lipinski definition) is 3. The van der Waals surface area contributed by atoms with Crippen LogP contribution in [0.5, 0.6) is 0 Å². The van der Waals surface area contributed by atoms with E-state index in [0.717, 1.165) is 23.2 Å². The summed E-state index contributed by atoms with van der Waals surface area (Å²) in [5.74, 6) is 0. The van der Waals surface area contributed by atoms with Gasteiger partial charge in [0.15, 0.2) is 0 Å². The molecule has 0 amide bonds. The van der Waals surface area contributed by atoms with Crippen LogP contribution >= 0.6 is 11.3 Å². The number of rotatable bonds is 5. The van der Waals surface area contributed by atoms with Crippen LogP contribution in [0.15, 0.2) is 35.0 Å². The number of piperidine rings is 1. The fourth-order valence-electron chi connectivity index (χ4n) is 4.35. The Labute approximate surface area is 153 Å². The molecule has 132 valence electrons. The van der Waals surface area contributed by atoms with Crippen LogP contribution in [0.4, 0.5) is 5.69 Å². The van der Waals surface area contributed by atoms with E-state index >= 15 is 0 Å². The zero-order valence-corrected chi connectivity index (χ0v) is 15.5. The molecule has 4 N–H and O–H groups in total. The fraction of sp³-hybridized carbons (Fsp3) is 0.450. The van der Waals surface area contributed by atoms with Crippen molar-refractivity contribution in [2.75, 3.05) is 19.3 Å². The Morgan fingerprint density at radius 1 is 1.24 bits per heavy atom. The van der Waals surface area contributed by atoms with Crippen molar-refractivity contribution in [1.29, 1.82) is 5.41 Å². The molecule has 25 heavy (non-hydrogen) atoms. The molecule has 2 aliphatic heterocycles. The second-order valence-electron chi connectivity index (χ2n) is 7.39. The molecule has 0 radical (unpaired) electrons. The van der Waals surface area contributed by atoms with Crippen molar-refractivity contribution < 1.29 is 0 Å². The molecule has 2 fully saturated rings. The van der Waals surface area contributed by atoms with Gasteiger partial charge in [-0.05, 0) is 72.8 Å². The number of thiophene rings is 1. The predicted molar refractivity (Wildman–Crippen MR) is 107 cm³/mol. The number of anilines is 1. The van der Waals surface area contributed by atoms with Gasteiger partial charge in [-0.2, -0.15) is 11.3 Å². The number of hydrogen-bond acceptors (Lipinski definition) is 5. The van der Waals surface area contributed by atoms with Crippen molar-refractivity contribution in [2.45, 2.75) is 43.8 Å². The molecule has 0 spiro atoms. The molecule has 2 atom stereocenters. The Bertz CT molecular complexity index is 741. The summed E-state index contributed by atoms with van der Waals surface area (Å²) >= 11 is 1.69. The predicted octanol–water partition coefficient (Wildman–Crippen LogP) is 3.58. The smallest absolute Gasteiger partial charge is 0.0545 e. The molecular weight excluding hydrogens is 328 g/mol. The summed E-state index contributed by atoms with van der Waals surface area (Å²) < 4.78 is 0. The van der Waals surface area contributed by atoms with Gasteiger partial charge in [0.25, 0.3) is 0 Å². The standard InChI is InChI=1S/C20H26N4S/c1-24-16-3-4-17(24)10-15(9-16)23-11-20(22)18-8-13(2-5-19(18)21)14-6-7-25-12-14/h2,5-8,12,15-17,22-23H,3-4,9-11,21H2,1H3. The van der Waals surface area contributed by atoms with Crippen LogP contribution < -0.4 is 11.1 Å². The Balaban J connectivity index is 1.42. The molecule has 2 saturated heterocycles. The normalized spacial score (nSPS) is 26.0. The summed E-state index contributed by atoms with van der Waals surface area (Å²) in [5.41, 5.74) is 10.6. The highest BCUT2D eigenvalue weighted by Gasteiger charge is 2.38. The van der Waals surface area contributed by atoms with Crippen molar-refractivity contribution in [1.82, 2.24) is 10.2 Å². The lowest BCUT2D eigenvalue weighted by atomic mass is 9.97. The van der Waals surface area contributed by atoms with Crippen molar-refractivity contribution in [2.24, 2.45) is 0 Å². The Morgan fingerprint density at radius 2 is 2.00 bits per heavy atom. The minimum Gasteiger partial charge on any atom is -0.398 e. The quantitative estimate of drug-likeness (QED) is 0.568. The van der Waals surface area contributed by atoms with Gasteiger partial charge in [0.05, 0.1) is 5.71 Å². The molecule has 0 aliphatic carbocycles. The van der Waals surface area contributed by atoms with E-state index in [-0.39, 0.29) is 0 Å². The highest BCUT2D eigenvalue weighted by molar-refractivity contribution is 7.08. The van der Waals surface area contributed by atoms with Crippen LogP contribution in [0, 0.1) is 5.41 Å². The van der Waals surface area contributed by atoms with Crippen LogP contribution in [0.3, 0.4) is 0 Å². The maximum atomic E-state index is 8.52. The van der Waals surface area contributed by atoms with E-state index < -0.39 is 0 Å².